The molecule has 0 spiro atoms. The number of nitrogens with zero attached hydrogens (tertiary/aromatic N) is 2. The van der Waals surface area contributed by atoms with Gasteiger partial charge >= 0.3 is 6.03 Å². The number of ether oxygens (including phenoxy) is 2. The van der Waals surface area contributed by atoms with Gasteiger partial charge in [0.2, 0.25) is 0 Å². The summed E-state index contributed by atoms with van der Waals surface area (Å²) in [4.78, 5) is 13.9. The molecule has 0 saturated carbocycles. The van der Waals surface area contributed by atoms with Crippen LogP contribution in [0.3, 0.4) is 0 Å². The third kappa shape index (κ3) is 4.45. The Hall–Kier alpha value is -1.60. The molecule has 2 amide bonds. The van der Waals surface area contributed by atoms with E-state index < -0.39 is 0 Å². The van der Waals surface area contributed by atoms with Crippen LogP contribution >= 0.6 is 0 Å². The molecule has 2 rings (SSSR count). The zero-order chi connectivity index (χ0) is 15.9. The zero-order valence-electron chi connectivity index (χ0n) is 13.6. The number of carbonyl (C=O) groups excluding carboxylic acids is 1. The highest BCUT2D eigenvalue weighted by Gasteiger charge is 2.30. The maximum Gasteiger partial charge on any atom is 0.317 e. The quantitative estimate of drug-likeness (QED) is 0.796. The normalized spacial score (nSPS) is 21.0. The molecule has 7 heteroatoms. The molecule has 2 N–H and O–H groups in total. The van der Waals surface area contributed by atoms with Crippen molar-refractivity contribution in [1.29, 1.82) is 0 Å². The van der Waals surface area contributed by atoms with Gasteiger partial charge in [0.05, 0.1) is 37.2 Å². The van der Waals surface area contributed by atoms with Crippen molar-refractivity contribution in [3.8, 4) is 0 Å². The molecule has 0 aliphatic carbocycles. The average molecular weight is 310 g/mol. The molecule has 124 valence electrons. The summed E-state index contributed by atoms with van der Waals surface area (Å²) in [6, 6.07) is 1.79. The van der Waals surface area contributed by atoms with Gasteiger partial charge in [0, 0.05) is 13.7 Å². The Morgan fingerprint density at radius 1 is 1.55 bits per heavy atom. The van der Waals surface area contributed by atoms with E-state index in [1.54, 1.807) is 11.9 Å². The van der Waals surface area contributed by atoms with Gasteiger partial charge in [-0.2, -0.15) is 5.10 Å². The van der Waals surface area contributed by atoms with Gasteiger partial charge in [-0.05, 0) is 19.4 Å². The highest BCUT2D eigenvalue weighted by Crippen LogP contribution is 2.11. The number of aryl methyl sites for hydroxylation is 1. The van der Waals surface area contributed by atoms with Gasteiger partial charge in [0.15, 0.2) is 0 Å². The summed E-state index contributed by atoms with van der Waals surface area (Å²) in [5, 5.41) is 10.2. The van der Waals surface area contributed by atoms with Gasteiger partial charge in [-0.1, -0.05) is 13.3 Å². The summed E-state index contributed by atoms with van der Waals surface area (Å²) < 4.78 is 10.9. The molecule has 2 heterocycles. The van der Waals surface area contributed by atoms with Crippen LogP contribution < -0.4 is 5.32 Å². The summed E-state index contributed by atoms with van der Waals surface area (Å²) in [5.41, 5.74) is 1.97. The first kappa shape index (κ1) is 16.8. The number of H-pyrrole nitrogens is 1. The SMILES string of the molecule is CCCc1cc(CN(C)C(=O)N[C@H]2COC[C@@H]2OCC)[nH]n1. The summed E-state index contributed by atoms with van der Waals surface area (Å²) in [6.07, 6.45) is 1.94. The number of amides is 2. The van der Waals surface area contributed by atoms with Crippen molar-refractivity contribution < 1.29 is 14.3 Å². The van der Waals surface area contributed by atoms with E-state index in [-0.39, 0.29) is 18.2 Å². The summed E-state index contributed by atoms with van der Waals surface area (Å²) in [6.45, 7) is 6.19. The van der Waals surface area contributed by atoms with E-state index >= 15 is 0 Å². The van der Waals surface area contributed by atoms with Crippen LogP contribution in [-0.2, 0) is 22.4 Å². The fraction of sp³-hybridized carbons (Fsp3) is 0.733. The predicted molar refractivity (Wildman–Crippen MR) is 82.6 cm³/mol. The molecule has 1 fully saturated rings. The molecule has 0 unspecified atom stereocenters. The monoisotopic (exact) mass is 310 g/mol. The van der Waals surface area contributed by atoms with E-state index in [1.807, 2.05) is 13.0 Å². The Bertz CT molecular complexity index is 477. The van der Waals surface area contributed by atoms with E-state index in [2.05, 4.69) is 22.4 Å². The molecule has 1 saturated heterocycles. The minimum absolute atomic E-state index is 0.0642. The fourth-order valence-electron chi connectivity index (χ4n) is 2.52. The second kappa shape index (κ2) is 8.14. The lowest BCUT2D eigenvalue weighted by molar-refractivity contribution is 0.0419. The number of rotatable bonds is 7. The van der Waals surface area contributed by atoms with Gasteiger partial charge in [0.25, 0.3) is 0 Å². The Morgan fingerprint density at radius 2 is 2.36 bits per heavy atom. The lowest BCUT2D eigenvalue weighted by Gasteiger charge is -2.23. The molecular formula is C15H26N4O3. The zero-order valence-corrected chi connectivity index (χ0v) is 13.6. The summed E-state index contributed by atoms with van der Waals surface area (Å²) in [7, 11) is 1.77. The molecule has 7 nitrogen and oxygen atoms in total. The first-order valence-corrected chi connectivity index (χ1v) is 7.88. The second-order valence-electron chi connectivity index (χ2n) is 5.58. The number of hydrogen-bond donors (Lipinski definition) is 2. The Kier molecular flexibility index (Phi) is 6.21. The van der Waals surface area contributed by atoms with E-state index in [4.69, 9.17) is 9.47 Å². The largest absolute Gasteiger partial charge is 0.376 e. The molecule has 22 heavy (non-hydrogen) atoms. The minimum Gasteiger partial charge on any atom is -0.376 e. The highest BCUT2D eigenvalue weighted by atomic mass is 16.5. The lowest BCUT2D eigenvalue weighted by atomic mass is 10.2. The lowest BCUT2D eigenvalue weighted by Crippen LogP contribution is -2.48. The van der Waals surface area contributed by atoms with Crippen LogP contribution in [0.2, 0.25) is 0 Å². The third-order valence-electron chi connectivity index (χ3n) is 3.66. The van der Waals surface area contributed by atoms with Crippen LogP contribution in [-0.4, -0.2) is 60.1 Å². The maximum atomic E-state index is 12.3. The van der Waals surface area contributed by atoms with E-state index in [0.29, 0.717) is 26.4 Å². The first-order valence-electron chi connectivity index (χ1n) is 7.88. The van der Waals surface area contributed by atoms with E-state index in [0.717, 1.165) is 24.2 Å². The topological polar surface area (TPSA) is 79.5 Å². The highest BCUT2D eigenvalue weighted by molar-refractivity contribution is 5.74. The number of urea groups is 1. The molecule has 1 aliphatic heterocycles. The van der Waals surface area contributed by atoms with Gasteiger partial charge in [-0.25, -0.2) is 4.79 Å². The summed E-state index contributed by atoms with van der Waals surface area (Å²) in [5.74, 6) is 0. The Morgan fingerprint density at radius 3 is 3.09 bits per heavy atom. The number of nitrogens with one attached hydrogen (secondary N) is 2. The van der Waals surface area contributed by atoms with E-state index in [9.17, 15) is 4.79 Å². The molecule has 0 radical (unpaired) electrons. The molecule has 0 aromatic carbocycles. The van der Waals surface area contributed by atoms with Crippen molar-refractivity contribution in [3.05, 3.63) is 17.5 Å². The molecule has 1 aliphatic rings. The van der Waals surface area contributed by atoms with Crippen LogP contribution in [0.15, 0.2) is 6.07 Å². The van der Waals surface area contributed by atoms with Crippen molar-refractivity contribution >= 4 is 6.03 Å². The molecule has 2 atom stereocenters. The first-order chi connectivity index (χ1) is 10.6. The van der Waals surface area contributed by atoms with Gasteiger partial charge in [-0.3, -0.25) is 5.10 Å². The molecule has 1 aromatic rings. The molecule has 0 bridgehead atoms. The average Bonchev–Trinajstić information content (AvgIpc) is 3.10. The van der Waals surface area contributed by atoms with E-state index in [1.165, 1.54) is 0 Å². The standard InChI is InChI=1S/C15H26N4O3/c1-4-6-11-7-12(18-17-11)8-19(3)15(20)16-13-9-21-10-14(13)22-5-2/h7,13-14H,4-6,8-10H2,1-3H3,(H,16,20)(H,17,18)/t13-,14-/m0/s1. The third-order valence-corrected chi connectivity index (χ3v) is 3.66. The second-order valence-corrected chi connectivity index (χ2v) is 5.58. The Labute approximate surface area is 131 Å². The maximum absolute atomic E-state index is 12.3. The van der Waals surface area contributed by atoms with Crippen LogP contribution in [0.1, 0.15) is 31.7 Å². The van der Waals surface area contributed by atoms with Crippen LogP contribution in [0, 0.1) is 0 Å². The van der Waals surface area contributed by atoms with Gasteiger partial charge < -0.3 is 19.7 Å². The molecular weight excluding hydrogens is 284 g/mol. The minimum atomic E-state index is -0.133. The van der Waals surface area contributed by atoms with Crippen molar-refractivity contribution in [3.63, 3.8) is 0 Å². The van der Waals surface area contributed by atoms with Crippen LogP contribution in [0.25, 0.3) is 0 Å². The number of carbonyl (C=O) groups is 1. The molecule has 1 aromatic heterocycles. The van der Waals surface area contributed by atoms with Gasteiger partial charge in [0.1, 0.15) is 6.10 Å². The van der Waals surface area contributed by atoms with Crippen molar-refractivity contribution in [2.45, 2.75) is 45.4 Å². The summed E-state index contributed by atoms with van der Waals surface area (Å²) >= 11 is 0. The predicted octanol–water partition coefficient (Wildman–Crippen LogP) is 1.31. The smallest absolute Gasteiger partial charge is 0.317 e. The van der Waals surface area contributed by atoms with Crippen molar-refractivity contribution in [2.75, 3.05) is 26.9 Å². The van der Waals surface area contributed by atoms with Crippen molar-refractivity contribution in [2.24, 2.45) is 0 Å². The fourth-order valence-corrected chi connectivity index (χ4v) is 2.52. The number of aromatic amines is 1. The Balaban J connectivity index is 1.83. The van der Waals surface area contributed by atoms with Crippen LogP contribution in [0.5, 0.6) is 0 Å². The van der Waals surface area contributed by atoms with Crippen LogP contribution in [0.4, 0.5) is 4.79 Å². The number of aromatic nitrogens is 2. The van der Waals surface area contributed by atoms with Crippen molar-refractivity contribution in [1.82, 2.24) is 20.4 Å². The number of hydrogen-bond acceptors (Lipinski definition) is 4. The van der Waals surface area contributed by atoms with Gasteiger partial charge in [-0.15, -0.1) is 0 Å².